The number of rotatable bonds is 5. The van der Waals surface area contributed by atoms with E-state index in [0.29, 0.717) is 5.75 Å². The number of nitro groups is 1. The first-order chi connectivity index (χ1) is 10.9. The Labute approximate surface area is 132 Å². The molecule has 0 unspecified atom stereocenters. The molecule has 1 amide bonds. The second kappa shape index (κ2) is 6.87. The van der Waals surface area contributed by atoms with E-state index in [4.69, 9.17) is 4.74 Å². The molecule has 0 fully saturated rings. The van der Waals surface area contributed by atoms with Crippen LogP contribution in [0, 0.1) is 15.9 Å². The third-order valence-corrected chi connectivity index (χ3v) is 2.90. The number of non-ortho nitro benzene ring substituents is 1. The predicted octanol–water partition coefficient (Wildman–Crippen LogP) is 3.77. The van der Waals surface area contributed by atoms with Crippen LogP contribution in [0.3, 0.4) is 0 Å². The highest BCUT2D eigenvalue weighted by Gasteiger charge is 2.17. The van der Waals surface area contributed by atoms with Gasteiger partial charge in [0.05, 0.1) is 22.3 Å². The number of carbonyl (C=O) groups excluding carboxylic acids is 1. The number of para-hydroxylation sites is 1. The fraction of sp³-hybridized carbons (Fsp3) is 0.188. The molecule has 0 radical (unpaired) electrons. The molecule has 0 aliphatic carbocycles. The van der Waals surface area contributed by atoms with Crippen molar-refractivity contribution < 1.29 is 18.8 Å². The van der Waals surface area contributed by atoms with E-state index >= 15 is 0 Å². The van der Waals surface area contributed by atoms with Crippen LogP contribution in [-0.4, -0.2) is 16.9 Å². The molecule has 0 aromatic heterocycles. The van der Waals surface area contributed by atoms with E-state index in [1.807, 2.05) is 13.8 Å². The highest BCUT2D eigenvalue weighted by atomic mass is 19.1. The Morgan fingerprint density at radius 3 is 2.61 bits per heavy atom. The van der Waals surface area contributed by atoms with E-state index in [9.17, 15) is 19.3 Å². The number of hydrogen-bond donors (Lipinski definition) is 1. The number of carbonyl (C=O) groups is 1. The lowest BCUT2D eigenvalue weighted by Crippen LogP contribution is -2.16. The molecular weight excluding hydrogens is 303 g/mol. The average Bonchev–Trinajstić information content (AvgIpc) is 2.49. The first-order valence-electron chi connectivity index (χ1n) is 6.89. The van der Waals surface area contributed by atoms with Crippen LogP contribution in [0.4, 0.5) is 15.8 Å². The monoisotopic (exact) mass is 318 g/mol. The standard InChI is InChI=1S/C16H15FN2O4/c1-10(2)23-15-6-4-3-5-12(15)16(20)18-14-9-11(19(21)22)7-8-13(14)17/h3-10H,1-2H3,(H,18,20). The summed E-state index contributed by atoms with van der Waals surface area (Å²) in [5.74, 6) is -1.02. The number of halogens is 1. The lowest BCUT2D eigenvalue weighted by atomic mass is 10.1. The zero-order valence-corrected chi connectivity index (χ0v) is 12.6. The molecule has 23 heavy (non-hydrogen) atoms. The molecule has 1 N–H and O–H groups in total. The van der Waals surface area contributed by atoms with Gasteiger partial charge in [-0.2, -0.15) is 0 Å². The van der Waals surface area contributed by atoms with Crippen molar-refractivity contribution >= 4 is 17.3 Å². The minimum Gasteiger partial charge on any atom is -0.490 e. The van der Waals surface area contributed by atoms with Gasteiger partial charge in [0, 0.05) is 12.1 Å². The molecule has 0 aliphatic rings. The van der Waals surface area contributed by atoms with Crippen molar-refractivity contribution in [2.24, 2.45) is 0 Å². The Kier molecular flexibility index (Phi) is 4.90. The van der Waals surface area contributed by atoms with Crippen LogP contribution in [0.5, 0.6) is 5.75 Å². The van der Waals surface area contributed by atoms with E-state index in [-0.39, 0.29) is 23.0 Å². The van der Waals surface area contributed by atoms with Gasteiger partial charge in [-0.15, -0.1) is 0 Å². The molecule has 6 nitrogen and oxygen atoms in total. The van der Waals surface area contributed by atoms with Gasteiger partial charge in [0.2, 0.25) is 0 Å². The molecule has 2 aromatic carbocycles. The van der Waals surface area contributed by atoms with Crippen LogP contribution >= 0.6 is 0 Å². The number of nitrogens with one attached hydrogen (secondary N) is 1. The SMILES string of the molecule is CC(C)Oc1ccccc1C(=O)Nc1cc([N+](=O)[O-])ccc1F. The van der Waals surface area contributed by atoms with E-state index in [1.165, 1.54) is 6.07 Å². The largest absolute Gasteiger partial charge is 0.490 e. The highest BCUT2D eigenvalue weighted by Crippen LogP contribution is 2.24. The van der Waals surface area contributed by atoms with E-state index in [0.717, 1.165) is 18.2 Å². The summed E-state index contributed by atoms with van der Waals surface area (Å²) in [6.45, 7) is 3.63. The number of anilines is 1. The van der Waals surface area contributed by atoms with Gasteiger partial charge in [-0.25, -0.2) is 4.39 Å². The molecule has 7 heteroatoms. The van der Waals surface area contributed by atoms with Gasteiger partial charge in [0.15, 0.2) is 0 Å². The van der Waals surface area contributed by atoms with Crippen LogP contribution < -0.4 is 10.1 Å². The molecule has 2 rings (SSSR count). The topological polar surface area (TPSA) is 81.5 Å². The highest BCUT2D eigenvalue weighted by molar-refractivity contribution is 6.06. The summed E-state index contributed by atoms with van der Waals surface area (Å²) in [6.07, 6.45) is -0.140. The van der Waals surface area contributed by atoms with Crippen LogP contribution in [0.1, 0.15) is 24.2 Å². The molecule has 2 aromatic rings. The Morgan fingerprint density at radius 1 is 1.26 bits per heavy atom. The molecule has 0 saturated heterocycles. The van der Waals surface area contributed by atoms with Gasteiger partial charge in [0.1, 0.15) is 11.6 Å². The quantitative estimate of drug-likeness (QED) is 0.672. The van der Waals surface area contributed by atoms with Crippen LogP contribution in [0.2, 0.25) is 0 Å². The zero-order valence-electron chi connectivity index (χ0n) is 12.6. The molecular formula is C16H15FN2O4. The normalized spacial score (nSPS) is 10.4. The summed E-state index contributed by atoms with van der Waals surface area (Å²) in [5, 5.41) is 13.1. The first kappa shape index (κ1) is 16.4. The van der Waals surface area contributed by atoms with Gasteiger partial charge in [-0.1, -0.05) is 12.1 Å². The van der Waals surface area contributed by atoms with Crippen molar-refractivity contribution in [1.82, 2.24) is 0 Å². The number of nitro benzene ring substituents is 1. The molecule has 0 atom stereocenters. The van der Waals surface area contributed by atoms with E-state index in [1.54, 1.807) is 18.2 Å². The Bertz CT molecular complexity index is 747. The van der Waals surface area contributed by atoms with Crippen molar-refractivity contribution in [3.8, 4) is 5.75 Å². The van der Waals surface area contributed by atoms with Crippen molar-refractivity contribution in [3.63, 3.8) is 0 Å². The summed E-state index contributed by atoms with van der Waals surface area (Å²) >= 11 is 0. The summed E-state index contributed by atoms with van der Waals surface area (Å²) in [4.78, 5) is 22.4. The van der Waals surface area contributed by atoms with Crippen molar-refractivity contribution in [2.75, 3.05) is 5.32 Å². The third kappa shape index (κ3) is 4.03. The Hall–Kier alpha value is -2.96. The molecule has 0 saturated carbocycles. The van der Waals surface area contributed by atoms with Crippen LogP contribution in [-0.2, 0) is 0 Å². The lowest BCUT2D eigenvalue weighted by Gasteiger charge is -2.14. The summed E-state index contributed by atoms with van der Waals surface area (Å²) in [7, 11) is 0. The first-order valence-corrected chi connectivity index (χ1v) is 6.89. The van der Waals surface area contributed by atoms with E-state index < -0.39 is 16.6 Å². The number of hydrogen-bond acceptors (Lipinski definition) is 4. The fourth-order valence-electron chi connectivity index (χ4n) is 1.92. The van der Waals surface area contributed by atoms with Crippen molar-refractivity contribution in [3.05, 3.63) is 64.0 Å². The van der Waals surface area contributed by atoms with Crippen molar-refractivity contribution in [2.45, 2.75) is 20.0 Å². The fourth-order valence-corrected chi connectivity index (χ4v) is 1.92. The third-order valence-electron chi connectivity index (χ3n) is 2.90. The number of nitrogens with zero attached hydrogens (tertiary/aromatic N) is 1. The Morgan fingerprint density at radius 2 is 1.96 bits per heavy atom. The van der Waals surface area contributed by atoms with Gasteiger partial charge in [-0.3, -0.25) is 14.9 Å². The maximum atomic E-state index is 13.8. The van der Waals surface area contributed by atoms with Gasteiger partial charge < -0.3 is 10.1 Å². The Balaban J connectivity index is 2.29. The molecule has 0 heterocycles. The van der Waals surface area contributed by atoms with Gasteiger partial charge in [0.25, 0.3) is 11.6 Å². The number of ether oxygens (including phenoxy) is 1. The second-order valence-electron chi connectivity index (χ2n) is 5.04. The van der Waals surface area contributed by atoms with Crippen LogP contribution in [0.25, 0.3) is 0 Å². The minimum atomic E-state index is -0.758. The number of amides is 1. The summed E-state index contributed by atoms with van der Waals surface area (Å²) < 4.78 is 19.3. The zero-order chi connectivity index (χ0) is 17.0. The summed E-state index contributed by atoms with van der Waals surface area (Å²) in [5.41, 5.74) is -0.357. The van der Waals surface area contributed by atoms with Crippen LogP contribution in [0.15, 0.2) is 42.5 Å². The summed E-state index contributed by atoms with van der Waals surface area (Å²) in [6, 6.07) is 9.44. The lowest BCUT2D eigenvalue weighted by molar-refractivity contribution is -0.384. The van der Waals surface area contributed by atoms with Gasteiger partial charge >= 0.3 is 0 Å². The molecule has 0 aliphatic heterocycles. The second-order valence-corrected chi connectivity index (χ2v) is 5.04. The van der Waals surface area contributed by atoms with Crippen molar-refractivity contribution in [1.29, 1.82) is 0 Å². The maximum Gasteiger partial charge on any atom is 0.271 e. The number of benzene rings is 2. The smallest absolute Gasteiger partial charge is 0.271 e. The predicted molar refractivity (Wildman–Crippen MR) is 83.2 cm³/mol. The molecule has 0 bridgehead atoms. The molecule has 0 spiro atoms. The molecule has 120 valence electrons. The van der Waals surface area contributed by atoms with Gasteiger partial charge in [-0.05, 0) is 32.0 Å². The average molecular weight is 318 g/mol. The maximum absolute atomic E-state index is 13.8. The van der Waals surface area contributed by atoms with E-state index in [2.05, 4.69) is 5.32 Å². The minimum absolute atomic E-state index is 0.140.